The van der Waals surface area contributed by atoms with Crippen molar-refractivity contribution in [2.24, 2.45) is 0 Å². The second kappa shape index (κ2) is 11.5. The maximum atomic E-state index is 3.72. The fourth-order valence-electron chi connectivity index (χ4n) is 0.691. The monoisotopic (exact) mass is 298 g/mol. The summed E-state index contributed by atoms with van der Waals surface area (Å²) in [5.74, 6) is 0. The number of hydrogen-bond donors (Lipinski definition) is 0. The van der Waals surface area contributed by atoms with Gasteiger partial charge in [-0.25, -0.2) is 0 Å². The van der Waals surface area contributed by atoms with Crippen molar-refractivity contribution in [1.29, 1.82) is 0 Å². The predicted molar refractivity (Wildman–Crippen MR) is 60.0 cm³/mol. The van der Waals surface area contributed by atoms with Crippen LogP contribution >= 0.6 is 0 Å². The van der Waals surface area contributed by atoms with E-state index in [2.05, 4.69) is 13.2 Å². The molecular weight excluding hydrogens is 278 g/mol. The molecule has 70 valence electrons. The van der Waals surface area contributed by atoms with Gasteiger partial charge < -0.3 is 0 Å². The summed E-state index contributed by atoms with van der Waals surface area (Å²) in [5, 5.41) is 2.93. The molecule has 0 radical (unpaired) electrons. The number of hydrogen-bond acceptors (Lipinski definition) is 0. The minimum atomic E-state index is 0.956. The third-order valence-corrected chi connectivity index (χ3v) is 9.07. The van der Waals surface area contributed by atoms with Crippen LogP contribution in [0.25, 0.3) is 0 Å². The van der Waals surface area contributed by atoms with Crippen LogP contribution in [0.15, 0.2) is 25.3 Å². The van der Waals surface area contributed by atoms with Gasteiger partial charge in [0.15, 0.2) is 0 Å². The van der Waals surface area contributed by atoms with E-state index in [1.165, 1.54) is 36.3 Å². The summed E-state index contributed by atoms with van der Waals surface area (Å²) in [6, 6.07) is 0. The molecule has 0 heterocycles. The Morgan fingerprint density at radius 1 is 0.833 bits per heavy atom. The number of allylic oxidation sites excluding steroid dienone is 2. The summed E-state index contributed by atoms with van der Waals surface area (Å²) < 4.78 is 0. The van der Waals surface area contributed by atoms with E-state index in [9.17, 15) is 0 Å². The van der Waals surface area contributed by atoms with Crippen LogP contribution in [0.4, 0.5) is 0 Å². The van der Waals surface area contributed by atoms with Crippen molar-refractivity contribution in [3.8, 4) is 0 Å². The fourth-order valence-corrected chi connectivity index (χ4v) is 7.52. The molecule has 0 N–H and O–H groups in total. The first-order valence-electron chi connectivity index (χ1n) is 4.38. The first-order chi connectivity index (χ1) is 5.91. The van der Waals surface area contributed by atoms with E-state index in [1.54, 1.807) is 0 Å². The summed E-state index contributed by atoms with van der Waals surface area (Å²) in [6.07, 6.45) is 9.22. The van der Waals surface area contributed by atoms with Gasteiger partial charge in [0.05, 0.1) is 0 Å². The molecule has 0 fully saturated rings. The van der Waals surface area contributed by atoms with Gasteiger partial charge in [-0.2, -0.15) is 0 Å². The molecule has 0 amide bonds. The topological polar surface area (TPSA) is 0 Å². The molecule has 0 saturated heterocycles. The third kappa shape index (κ3) is 10.5. The zero-order valence-electron chi connectivity index (χ0n) is 7.63. The van der Waals surface area contributed by atoms with E-state index in [-0.39, 0.29) is 0 Å². The molecule has 0 spiro atoms. The third-order valence-electron chi connectivity index (χ3n) is 1.36. The van der Waals surface area contributed by atoms with E-state index in [0.29, 0.717) is 0 Å². The summed E-state index contributed by atoms with van der Waals surface area (Å²) in [6.45, 7) is 7.44. The van der Waals surface area contributed by atoms with Gasteiger partial charge in [0.25, 0.3) is 0 Å². The first-order valence-corrected chi connectivity index (χ1v) is 11.1. The van der Waals surface area contributed by atoms with Crippen LogP contribution in [0.2, 0.25) is 10.6 Å². The van der Waals surface area contributed by atoms with Crippen molar-refractivity contribution >= 4 is 26.3 Å². The van der Waals surface area contributed by atoms with Crippen LogP contribution in [0.3, 0.4) is 0 Å². The molecule has 12 heavy (non-hydrogen) atoms. The van der Waals surface area contributed by atoms with Crippen molar-refractivity contribution < 1.29 is 0 Å². The van der Waals surface area contributed by atoms with Gasteiger partial charge in [0, 0.05) is 0 Å². The Hall–Kier alpha value is 0.519. The molecule has 0 unspecified atom stereocenters. The Balaban J connectivity index is 2.81. The first kappa shape index (κ1) is 12.5. The van der Waals surface area contributed by atoms with Crippen molar-refractivity contribution in [3.05, 3.63) is 25.3 Å². The Morgan fingerprint density at radius 3 is 1.58 bits per heavy atom. The van der Waals surface area contributed by atoms with E-state index in [4.69, 9.17) is 0 Å². The van der Waals surface area contributed by atoms with Crippen molar-refractivity contribution in [2.75, 3.05) is 0 Å². The molecule has 0 aliphatic carbocycles. The van der Waals surface area contributed by atoms with Crippen LogP contribution in [-0.2, 0) is 0 Å². The van der Waals surface area contributed by atoms with Crippen LogP contribution in [-0.4, -0.2) is 26.3 Å². The molecule has 0 rings (SSSR count). The Morgan fingerprint density at radius 2 is 1.25 bits per heavy atom. The molecule has 0 aliphatic rings. The van der Waals surface area contributed by atoms with Gasteiger partial charge in [-0.05, 0) is 0 Å². The molecule has 0 saturated carbocycles. The Bertz CT molecular complexity index is 96.4. The van der Waals surface area contributed by atoms with Gasteiger partial charge >= 0.3 is 87.9 Å². The summed E-state index contributed by atoms with van der Waals surface area (Å²) >= 11 is 1.91. The average Bonchev–Trinajstić information content (AvgIpc) is 2.10. The zero-order chi connectivity index (χ0) is 9.07. The molecular formula is C10H18Se2. The summed E-state index contributed by atoms with van der Waals surface area (Å²) in [5.41, 5.74) is 0. The predicted octanol–water partition coefficient (Wildman–Crippen LogP) is 3.08. The van der Waals surface area contributed by atoms with Crippen molar-refractivity contribution in [2.45, 2.75) is 36.3 Å². The number of unbranched alkanes of at least 4 members (excludes halogenated alkanes) is 2. The van der Waals surface area contributed by atoms with Gasteiger partial charge in [0.2, 0.25) is 0 Å². The van der Waals surface area contributed by atoms with Crippen LogP contribution in [0.1, 0.15) is 25.7 Å². The van der Waals surface area contributed by atoms with Gasteiger partial charge in [-0.1, -0.05) is 0 Å². The van der Waals surface area contributed by atoms with Crippen LogP contribution in [0.5, 0.6) is 0 Å². The molecule has 0 aliphatic heterocycles. The van der Waals surface area contributed by atoms with E-state index in [1.807, 2.05) is 12.2 Å². The average molecular weight is 296 g/mol. The Labute approximate surface area is 87.8 Å². The van der Waals surface area contributed by atoms with Crippen molar-refractivity contribution in [3.63, 3.8) is 0 Å². The summed E-state index contributed by atoms with van der Waals surface area (Å²) in [7, 11) is 0. The minimum absolute atomic E-state index is 0.956. The van der Waals surface area contributed by atoms with Crippen molar-refractivity contribution in [1.82, 2.24) is 0 Å². The second-order valence-electron chi connectivity index (χ2n) is 2.51. The zero-order valence-corrected chi connectivity index (χ0v) is 11.1. The summed E-state index contributed by atoms with van der Waals surface area (Å²) in [4.78, 5) is 0. The SMILES string of the molecule is C=CCCC[Se][Se]CCCC=C. The normalized spacial score (nSPS) is 9.67. The standard InChI is InChI=1S/C10H18Se2/c1-3-5-7-9-11-12-10-8-6-4-2/h3-4H,1-2,5-10H2. The van der Waals surface area contributed by atoms with Crippen LogP contribution < -0.4 is 0 Å². The molecule has 2 heteroatoms. The Kier molecular flexibility index (Phi) is 12.0. The van der Waals surface area contributed by atoms with E-state index >= 15 is 0 Å². The number of rotatable bonds is 9. The molecule has 0 bridgehead atoms. The molecule has 0 aromatic carbocycles. The van der Waals surface area contributed by atoms with Gasteiger partial charge in [-0.15, -0.1) is 0 Å². The molecule has 0 aromatic rings. The second-order valence-corrected chi connectivity index (χ2v) is 10.3. The molecule has 0 aromatic heterocycles. The quantitative estimate of drug-likeness (QED) is 0.348. The molecule has 0 nitrogen and oxygen atoms in total. The van der Waals surface area contributed by atoms with Gasteiger partial charge in [0.1, 0.15) is 0 Å². The van der Waals surface area contributed by atoms with Gasteiger partial charge in [-0.3, -0.25) is 0 Å². The van der Waals surface area contributed by atoms with E-state index < -0.39 is 0 Å². The van der Waals surface area contributed by atoms with E-state index in [0.717, 1.165) is 26.3 Å². The molecule has 0 atom stereocenters. The van der Waals surface area contributed by atoms with Crippen LogP contribution in [0, 0.1) is 0 Å². The maximum absolute atomic E-state index is 3.72. The fraction of sp³-hybridized carbons (Fsp3) is 0.600.